The minimum Gasteiger partial charge on any atom is -0.465 e. The van der Waals surface area contributed by atoms with Crippen molar-refractivity contribution in [3.05, 3.63) is 77.9 Å². The van der Waals surface area contributed by atoms with Gasteiger partial charge in [-0.1, -0.05) is 60.7 Å². The highest BCUT2D eigenvalue weighted by Gasteiger charge is 2.27. The quantitative estimate of drug-likeness (QED) is 0.746. The molecular weight excluding hydrogens is 340 g/mol. The van der Waals surface area contributed by atoms with E-state index in [2.05, 4.69) is 32.5 Å². The van der Waals surface area contributed by atoms with Crippen molar-refractivity contribution in [1.82, 2.24) is 15.5 Å². The first-order chi connectivity index (χ1) is 13.2. The van der Waals surface area contributed by atoms with Gasteiger partial charge in [-0.3, -0.25) is 0 Å². The van der Waals surface area contributed by atoms with E-state index < -0.39 is 6.09 Å². The summed E-state index contributed by atoms with van der Waals surface area (Å²) in [6, 6.07) is 21.8. The van der Waals surface area contributed by atoms with E-state index in [1.807, 2.05) is 54.6 Å². The van der Waals surface area contributed by atoms with Crippen molar-refractivity contribution in [2.75, 3.05) is 11.4 Å². The second kappa shape index (κ2) is 7.45. The number of amides is 1. The maximum Gasteiger partial charge on any atom is 0.404 e. The van der Waals surface area contributed by atoms with Crippen molar-refractivity contribution in [3.8, 4) is 11.3 Å². The van der Waals surface area contributed by atoms with E-state index in [9.17, 15) is 4.79 Å². The molecule has 1 aliphatic heterocycles. The average molecular weight is 360 g/mol. The van der Waals surface area contributed by atoms with Gasteiger partial charge in [-0.15, -0.1) is 10.2 Å². The number of hydrogen-bond donors (Lipinski definition) is 2. The van der Waals surface area contributed by atoms with Crippen LogP contribution in [0.25, 0.3) is 11.3 Å². The average Bonchev–Trinajstić information content (AvgIpc) is 2.68. The first-order valence-corrected chi connectivity index (χ1v) is 8.89. The molecule has 6 nitrogen and oxygen atoms in total. The topological polar surface area (TPSA) is 78.3 Å². The molecule has 0 spiro atoms. The van der Waals surface area contributed by atoms with Crippen molar-refractivity contribution in [3.63, 3.8) is 0 Å². The maximum atomic E-state index is 11.2. The van der Waals surface area contributed by atoms with Crippen LogP contribution in [-0.4, -0.2) is 34.0 Å². The number of carboxylic acid groups (broad SMARTS) is 1. The normalized spacial score (nSPS) is 15.9. The summed E-state index contributed by atoms with van der Waals surface area (Å²) >= 11 is 0. The van der Waals surface area contributed by atoms with Crippen LogP contribution in [0.15, 0.2) is 66.7 Å². The van der Waals surface area contributed by atoms with Gasteiger partial charge in [0, 0.05) is 24.2 Å². The molecule has 0 saturated carbocycles. The molecule has 0 aliphatic carbocycles. The smallest absolute Gasteiger partial charge is 0.404 e. The fraction of sp³-hybridized carbons (Fsp3) is 0.190. The summed E-state index contributed by atoms with van der Waals surface area (Å²) in [7, 11) is 0. The zero-order valence-electron chi connectivity index (χ0n) is 14.7. The van der Waals surface area contributed by atoms with E-state index in [0.29, 0.717) is 19.5 Å². The van der Waals surface area contributed by atoms with Gasteiger partial charge in [0.05, 0.1) is 11.7 Å². The molecule has 1 atom stereocenters. The van der Waals surface area contributed by atoms with Gasteiger partial charge in [0.15, 0.2) is 5.82 Å². The Labute approximate surface area is 157 Å². The van der Waals surface area contributed by atoms with Crippen LogP contribution in [0.3, 0.4) is 0 Å². The van der Waals surface area contributed by atoms with E-state index in [0.717, 1.165) is 28.2 Å². The predicted molar refractivity (Wildman–Crippen MR) is 104 cm³/mol. The summed E-state index contributed by atoms with van der Waals surface area (Å²) in [5, 5.41) is 20.7. The van der Waals surface area contributed by atoms with Gasteiger partial charge in [-0.25, -0.2) is 4.79 Å². The van der Waals surface area contributed by atoms with Crippen molar-refractivity contribution < 1.29 is 9.90 Å². The van der Waals surface area contributed by atoms with Gasteiger partial charge in [-0.2, -0.15) is 0 Å². The molecule has 27 heavy (non-hydrogen) atoms. The number of nitrogens with zero attached hydrogens (tertiary/aromatic N) is 3. The summed E-state index contributed by atoms with van der Waals surface area (Å²) in [4.78, 5) is 13.3. The zero-order chi connectivity index (χ0) is 18.6. The van der Waals surface area contributed by atoms with Gasteiger partial charge < -0.3 is 15.3 Å². The maximum absolute atomic E-state index is 11.2. The summed E-state index contributed by atoms with van der Waals surface area (Å²) in [5.41, 5.74) is 3.94. The Kier molecular flexibility index (Phi) is 4.70. The van der Waals surface area contributed by atoms with Crippen molar-refractivity contribution in [2.45, 2.75) is 19.0 Å². The molecule has 1 unspecified atom stereocenters. The fourth-order valence-corrected chi connectivity index (χ4v) is 3.49. The highest BCUT2D eigenvalue weighted by Crippen LogP contribution is 2.29. The first-order valence-electron chi connectivity index (χ1n) is 8.89. The molecule has 6 heteroatoms. The van der Waals surface area contributed by atoms with Crippen LogP contribution in [0, 0.1) is 0 Å². The minimum absolute atomic E-state index is 0.188. The lowest BCUT2D eigenvalue weighted by atomic mass is 9.99. The van der Waals surface area contributed by atoms with Gasteiger partial charge in [0.25, 0.3) is 0 Å². The molecule has 4 rings (SSSR count). The molecule has 0 radical (unpaired) electrons. The summed E-state index contributed by atoms with van der Waals surface area (Å²) in [6.07, 6.45) is -0.407. The summed E-state index contributed by atoms with van der Waals surface area (Å²) in [5.74, 6) is 0.821. The van der Waals surface area contributed by atoms with E-state index in [-0.39, 0.29) is 6.04 Å². The molecule has 0 saturated heterocycles. The molecule has 2 N–H and O–H groups in total. The number of rotatable bonds is 4. The molecule has 0 fully saturated rings. The van der Waals surface area contributed by atoms with Crippen LogP contribution < -0.4 is 10.2 Å². The number of aromatic nitrogens is 2. The third-order valence-corrected chi connectivity index (χ3v) is 4.67. The number of carbonyl (C=O) groups is 1. The third-order valence-electron chi connectivity index (χ3n) is 4.67. The predicted octanol–water partition coefficient (Wildman–Crippen LogP) is 3.34. The van der Waals surface area contributed by atoms with Gasteiger partial charge >= 0.3 is 6.09 Å². The molecular formula is C21H20N4O2. The van der Waals surface area contributed by atoms with Crippen molar-refractivity contribution in [1.29, 1.82) is 0 Å². The van der Waals surface area contributed by atoms with Crippen LogP contribution in [-0.2, 0) is 13.0 Å². The molecule has 3 aromatic rings. The largest absolute Gasteiger partial charge is 0.465 e. The Bertz CT molecular complexity index is 931. The summed E-state index contributed by atoms with van der Waals surface area (Å²) < 4.78 is 0. The standard InChI is InChI=1S/C21H20N4O2/c26-21(27)22-18-11-17-12-19(16-9-5-2-6-10-16)23-24-20(17)25(14-18)13-15-7-3-1-4-8-15/h1-10,12,18,22H,11,13-14H2,(H,26,27). The number of anilines is 1. The zero-order valence-corrected chi connectivity index (χ0v) is 14.7. The molecule has 1 aliphatic rings. The van der Waals surface area contributed by atoms with E-state index in [1.165, 1.54) is 0 Å². The second-order valence-corrected chi connectivity index (χ2v) is 6.66. The Balaban J connectivity index is 1.68. The minimum atomic E-state index is -1.01. The van der Waals surface area contributed by atoms with Crippen LogP contribution in [0.2, 0.25) is 0 Å². The molecule has 2 heterocycles. The van der Waals surface area contributed by atoms with Gasteiger partial charge in [0.2, 0.25) is 0 Å². The van der Waals surface area contributed by atoms with Crippen molar-refractivity contribution >= 4 is 11.9 Å². The van der Waals surface area contributed by atoms with Crippen LogP contribution in [0.1, 0.15) is 11.1 Å². The Morgan fingerprint density at radius 3 is 2.48 bits per heavy atom. The second-order valence-electron chi connectivity index (χ2n) is 6.66. The number of hydrogen-bond acceptors (Lipinski definition) is 4. The molecule has 0 bridgehead atoms. The Hall–Kier alpha value is -3.41. The van der Waals surface area contributed by atoms with Gasteiger partial charge in [0.1, 0.15) is 0 Å². The van der Waals surface area contributed by atoms with E-state index >= 15 is 0 Å². The van der Waals surface area contributed by atoms with Crippen LogP contribution in [0.4, 0.5) is 10.6 Å². The van der Waals surface area contributed by atoms with Crippen molar-refractivity contribution in [2.24, 2.45) is 0 Å². The number of fused-ring (bicyclic) bond motifs is 1. The lowest BCUT2D eigenvalue weighted by molar-refractivity contribution is 0.189. The van der Waals surface area contributed by atoms with E-state index in [1.54, 1.807) is 0 Å². The lowest BCUT2D eigenvalue weighted by Gasteiger charge is -2.34. The molecule has 2 aromatic carbocycles. The van der Waals surface area contributed by atoms with E-state index in [4.69, 9.17) is 5.11 Å². The SMILES string of the molecule is O=C(O)NC1Cc2cc(-c3ccccc3)nnc2N(Cc2ccccc2)C1. The fourth-order valence-electron chi connectivity index (χ4n) is 3.49. The van der Waals surface area contributed by atoms with Crippen LogP contribution >= 0.6 is 0 Å². The molecule has 136 valence electrons. The monoisotopic (exact) mass is 360 g/mol. The number of benzene rings is 2. The molecule has 1 aromatic heterocycles. The number of nitrogens with one attached hydrogen (secondary N) is 1. The first kappa shape index (κ1) is 17.0. The van der Waals surface area contributed by atoms with Gasteiger partial charge in [-0.05, 0) is 18.1 Å². The molecule has 1 amide bonds. The Morgan fingerprint density at radius 2 is 1.78 bits per heavy atom. The highest BCUT2D eigenvalue weighted by atomic mass is 16.4. The van der Waals surface area contributed by atoms with Crippen LogP contribution in [0.5, 0.6) is 0 Å². The summed E-state index contributed by atoms with van der Waals surface area (Å²) in [6.45, 7) is 1.22. The Morgan fingerprint density at radius 1 is 1.07 bits per heavy atom. The third kappa shape index (κ3) is 3.89. The highest BCUT2D eigenvalue weighted by molar-refractivity contribution is 5.66. The lowest BCUT2D eigenvalue weighted by Crippen LogP contribution is -2.48.